The molecule has 2 aromatic rings. The minimum atomic E-state index is -1.71. The summed E-state index contributed by atoms with van der Waals surface area (Å²) in [5.74, 6) is -0.0346. The summed E-state index contributed by atoms with van der Waals surface area (Å²) in [4.78, 5) is 13.6. The van der Waals surface area contributed by atoms with Crippen molar-refractivity contribution in [3.8, 4) is 28.7 Å². The van der Waals surface area contributed by atoms with Crippen LogP contribution in [0.2, 0.25) is 0 Å². The molecule has 1 saturated heterocycles. The van der Waals surface area contributed by atoms with Gasteiger partial charge in [0.05, 0.1) is 33.9 Å². The lowest BCUT2D eigenvalue weighted by Crippen LogP contribution is -2.69. The second-order valence-electron chi connectivity index (χ2n) is 11.8. The lowest BCUT2D eigenvalue weighted by molar-refractivity contribution is -0.270. The van der Waals surface area contributed by atoms with Gasteiger partial charge in [-0.1, -0.05) is 12.8 Å². The topological polar surface area (TPSA) is 113 Å². The van der Waals surface area contributed by atoms with Crippen molar-refractivity contribution < 1.29 is 43.4 Å². The fraction of sp³-hybridized carbons (Fsp3) is 0.581. The van der Waals surface area contributed by atoms with E-state index in [9.17, 15) is 15.0 Å². The first-order valence-electron chi connectivity index (χ1n) is 14.2. The maximum Gasteiger partial charge on any atom is 0.310 e. The van der Waals surface area contributed by atoms with E-state index in [1.807, 2.05) is 24.3 Å². The maximum atomic E-state index is 13.6. The van der Waals surface area contributed by atoms with E-state index in [0.717, 1.165) is 44.1 Å². The Kier molecular flexibility index (Phi) is 5.91. The molecule has 5 aliphatic rings. The van der Waals surface area contributed by atoms with Gasteiger partial charge in [-0.3, -0.25) is 4.79 Å². The number of ether oxygens (including phenoxy) is 6. The third-order valence-corrected chi connectivity index (χ3v) is 10.4. The molecule has 0 radical (unpaired) electrons. The van der Waals surface area contributed by atoms with E-state index in [4.69, 9.17) is 28.4 Å². The fourth-order valence-corrected chi connectivity index (χ4v) is 8.75. The lowest BCUT2D eigenvalue weighted by atomic mass is 9.47. The van der Waals surface area contributed by atoms with Crippen molar-refractivity contribution in [2.45, 2.75) is 55.6 Å². The van der Waals surface area contributed by atoms with Crippen molar-refractivity contribution in [1.29, 1.82) is 0 Å². The molecule has 0 unspecified atom stereocenters. The van der Waals surface area contributed by atoms with E-state index in [1.165, 1.54) is 0 Å². The zero-order chi connectivity index (χ0) is 27.8. The molecule has 0 aromatic heterocycles. The van der Waals surface area contributed by atoms with Gasteiger partial charge in [-0.2, -0.15) is 0 Å². The normalized spacial score (nSPS) is 35.4. The second kappa shape index (κ2) is 9.17. The molecule has 7 rings (SSSR count). The highest BCUT2D eigenvalue weighted by Crippen LogP contribution is 2.65. The summed E-state index contributed by atoms with van der Waals surface area (Å²) in [6, 6.07) is 7.37. The molecule has 0 spiro atoms. The first-order valence-corrected chi connectivity index (χ1v) is 14.2. The molecule has 3 aliphatic carbocycles. The van der Waals surface area contributed by atoms with Gasteiger partial charge >= 0.3 is 5.97 Å². The molecule has 214 valence electrons. The largest absolute Gasteiger partial charge is 0.493 e. The van der Waals surface area contributed by atoms with Gasteiger partial charge < -0.3 is 38.6 Å². The number of aliphatic hydroxyl groups is 2. The van der Waals surface area contributed by atoms with E-state index in [1.54, 1.807) is 21.3 Å². The molecule has 0 amide bonds. The van der Waals surface area contributed by atoms with Crippen LogP contribution >= 0.6 is 0 Å². The van der Waals surface area contributed by atoms with E-state index in [2.05, 4.69) is 0 Å². The second-order valence-corrected chi connectivity index (χ2v) is 11.8. The van der Waals surface area contributed by atoms with Crippen LogP contribution in [0.4, 0.5) is 0 Å². The number of carbonyl (C=O) groups excluding carboxylic acids is 1. The lowest BCUT2D eigenvalue weighted by Gasteiger charge is -2.61. The standard InChI is InChI=1S/C31H36O9/c1-35-24-10-16(11-25(36-2)28(24)37-3)26-19-12-22-23(40-15-39-22)13-20(19)31(34,21-14-38-29(32)27(21)26)30(33)17-6-4-7-18(30)9-5-8-17/h10-13,17-18,21,26-27,33-34H,4-9,14-15H2,1-3H3/t17?,18?,21-,26+,27-,30?,31+/m0/s1. The number of cyclic esters (lactones) is 1. The Morgan fingerprint density at radius 2 is 1.43 bits per heavy atom. The number of esters is 1. The molecule has 2 saturated carbocycles. The van der Waals surface area contributed by atoms with Gasteiger partial charge in [0.2, 0.25) is 12.5 Å². The van der Waals surface area contributed by atoms with Crippen LogP contribution in [0.15, 0.2) is 24.3 Å². The molecule has 3 fully saturated rings. The average molecular weight is 553 g/mol. The molecular weight excluding hydrogens is 516 g/mol. The van der Waals surface area contributed by atoms with Crippen molar-refractivity contribution in [1.82, 2.24) is 0 Å². The molecule has 2 bridgehead atoms. The van der Waals surface area contributed by atoms with Gasteiger partial charge in [0.25, 0.3) is 0 Å². The van der Waals surface area contributed by atoms with E-state index >= 15 is 0 Å². The summed E-state index contributed by atoms with van der Waals surface area (Å²) in [6.45, 7) is 0.0898. The minimum Gasteiger partial charge on any atom is -0.493 e. The Morgan fingerprint density at radius 1 is 0.825 bits per heavy atom. The Bertz CT molecular complexity index is 1310. The Balaban J connectivity index is 1.50. The highest BCUT2D eigenvalue weighted by molar-refractivity contribution is 5.79. The predicted octanol–water partition coefficient (Wildman–Crippen LogP) is 3.89. The zero-order valence-electron chi connectivity index (χ0n) is 23.1. The first-order chi connectivity index (χ1) is 19.4. The molecule has 2 aliphatic heterocycles. The van der Waals surface area contributed by atoms with Crippen molar-refractivity contribution >= 4 is 5.97 Å². The SMILES string of the molecule is COc1cc([C@@H]2c3cc4c(cc3[C@](O)(C3(O)C5CCCC3CCC5)[C@H]3COC(=O)[C@H]23)OCO4)cc(OC)c1OC. The molecule has 9 heteroatoms. The van der Waals surface area contributed by atoms with Crippen LogP contribution in [0.25, 0.3) is 0 Å². The summed E-state index contributed by atoms with van der Waals surface area (Å²) in [6.07, 6.45) is 5.43. The summed E-state index contributed by atoms with van der Waals surface area (Å²) in [7, 11) is 4.65. The molecule has 2 N–H and O–H groups in total. The van der Waals surface area contributed by atoms with E-state index < -0.39 is 34.9 Å². The summed E-state index contributed by atoms with van der Waals surface area (Å²) >= 11 is 0. The highest BCUT2D eigenvalue weighted by atomic mass is 16.7. The average Bonchev–Trinajstić information content (AvgIpc) is 3.58. The van der Waals surface area contributed by atoms with Gasteiger partial charge in [-0.15, -0.1) is 0 Å². The van der Waals surface area contributed by atoms with Crippen molar-refractivity contribution in [2.75, 3.05) is 34.7 Å². The van der Waals surface area contributed by atoms with Crippen molar-refractivity contribution in [2.24, 2.45) is 23.7 Å². The molecule has 9 nitrogen and oxygen atoms in total. The third-order valence-electron chi connectivity index (χ3n) is 10.4. The van der Waals surface area contributed by atoms with Crippen molar-refractivity contribution in [3.05, 3.63) is 41.0 Å². The summed E-state index contributed by atoms with van der Waals surface area (Å²) < 4.78 is 34.2. The van der Waals surface area contributed by atoms with Crippen LogP contribution in [0.3, 0.4) is 0 Å². The Morgan fingerprint density at radius 3 is 2.00 bits per heavy atom. The van der Waals surface area contributed by atoms with Crippen LogP contribution in [0.1, 0.15) is 61.1 Å². The maximum absolute atomic E-state index is 13.6. The molecule has 40 heavy (non-hydrogen) atoms. The fourth-order valence-electron chi connectivity index (χ4n) is 8.75. The third kappa shape index (κ3) is 3.25. The van der Waals surface area contributed by atoms with Crippen LogP contribution in [-0.2, 0) is 15.1 Å². The van der Waals surface area contributed by atoms with Gasteiger partial charge in [0, 0.05) is 11.8 Å². The number of rotatable bonds is 5. The Hall–Kier alpha value is -3.17. The van der Waals surface area contributed by atoms with Gasteiger partial charge in [-0.05, 0) is 78.5 Å². The minimum absolute atomic E-state index is 0.0244. The summed E-state index contributed by atoms with van der Waals surface area (Å²) in [5, 5.41) is 25.9. The summed E-state index contributed by atoms with van der Waals surface area (Å²) in [5.41, 5.74) is -1.08. The van der Waals surface area contributed by atoms with Crippen LogP contribution in [0, 0.1) is 23.7 Å². The van der Waals surface area contributed by atoms with Crippen LogP contribution < -0.4 is 23.7 Å². The molecule has 4 atom stereocenters. The van der Waals surface area contributed by atoms with E-state index in [-0.39, 0.29) is 25.2 Å². The molecular formula is C31H36O9. The number of methoxy groups -OCH3 is 3. The smallest absolute Gasteiger partial charge is 0.310 e. The Labute approximate surface area is 233 Å². The van der Waals surface area contributed by atoms with Gasteiger partial charge in [-0.25, -0.2) is 0 Å². The quantitative estimate of drug-likeness (QED) is 0.534. The van der Waals surface area contributed by atoms with Crippen molar-refractivity contribution in [3.63, 3.8) is 0 Å². The first kappa shape index (κ1) is 25.8. The predicted molar refractivity (Wildman–Crippen MR) is 142 cm³/mol. The number of carbonyl (C=O) groups is 1. The molecule has 2 aromatic carbocycles. The van der Waals surface area contributed by atoms with Crippen LogP contribution in [-0.4, -0.2) is 56.5 Å². The zero-order valence-corrected chi connectivity index (χ0v) is 23.1. The number of benzene rings is 2. The highest BCUT2D eigenvalue weighted by Gasteiger charge is 2.70. The van der Waals surface area contributed by atoms with Gasteiger partial charge in [0.1, 0.15) is 11.2 Å². The van der Waals surface area contributed by atoms with Crippen LogP contribution in [0.5, 0.6) is 28.7 Å². The van der Waals surface area contributed by atoms with Gasteiger partial charge in [0.15, 0.2) is 23.0 Å². The van der Waals surface area contributed by atoms with E-state index in [0.29, 0.717) is 39.9 Å². The monoisotopic (exact) mass is 552 g/mol. The molecule has 2 heterocycles. The number of hydrogen-bond donors (Lipinski definition) is 2. The number of fused-ring (bicyclic) bond motifs is 5. The number of hydrogen-bond acceptors (Lipinski definition) is 9.